The summed E-state index contributed by atoms with van der Waals surface area (Å²) in [5.74, 6) is 0.869. The zero-order chi connectivity index (χ0) is 14.5. The van der Waals surface area contributed by atoms with Gasteiger partial charge in [-0.3, -0.25) is 10.1 Å². The average Bonchev–Trinajstić information content (AvgIpc) is 2.45. The van der Waals surface area contributed by atoms with E-state index < -0.39 is 0 Å². The molecule has 1 saturated heterocycles. The molecule has 0 amide bonds. The largest absolute Gasteiger partial charge is 0.354 e. The van der Waals surface area contributed by atoms with Crippen LogP contribution in [0.25, 0.3) is 0 Å². The molecule has 1 unspecified atom stereocenters. The number of nitro groups is 1. The van der Waals surface area contributed by atoms with Gasteiger partial charge in [0.1, 0.15) is 11.5 Å². The Hall–Kier alpha value is -1.69. The summed E-state index contributed by atoms with van der Waals surface area (Å²) in [6.07, 6.45) is 4.65. The lowest BCUT2D eigenvalue weighted by Gasteiger charge is -2.37. The molecule has 1 aromatic rings. The van der Waals surface area contributed by atoms with Gasteiger partial charge in [-0.15, -0.1) is 0 Å². The van der Waals surface area contributed by atoms with Crippen molar-refractivity contribution in [2.75, 3.05) is 25.0 Å². The lowest BCUT2D eigenvalue weighted by molar-refractivity contribution is -0.385. The highest BCUT2D eigenvalue weighted by molar-refractivity contribution is 5.47. The van der Waals surface area contributed by atoms with Crippen LogP contribution in [0.2, 0.25) is 0 Å². The van der Waals surface area contributed by atoms with Crippen molar-refractivity contribution in [3.8, 4) is 0 Å². The number of hydrogen-bond donors (Lipinski definition) is 1. The van der Waals surface area contributed by atoms with Crippen LogP contribution in [0.5, 0.6) is 0 Å². The fourth-order valence-corrected chi connectivity index (χ4v) is 2.81. The molecule has 2 rings (SSSR count). The van der Waals surface area contributed by atoms with Gasteiger partial charge < -0.3 is 10.2 Å². The van der Waals surface area contributed by atoms with Crippen LogP contribution < -0.4 is 10.2 Å². The first kappa shape index (κ1) is 14.7. The summed E-state index contributed by atoms with van der Waals surface area (Å²) in [5.41, 5.74) is 0.586. The average molecular weight is 278 g/mol. The molecule has 0 aliphatic carbocycles. The minimum atomic E-state index is -0.374. The highest BCUT2D eigenvalue weighted by atomic mass is 16.6. The van der Waals surface area contributed by atoms with Crippen molar-refractivity contribution < 1.29 is 4.92 Å². The van der Waals surface area contributed by atoms with Gasteiger partial charge in [0, 0.05) is 18.7 Å². The molecule has 20 heavy (non-hydrogen) atoms. The van der Waals surface area contributed by atoms with Crippen LogP contribution in [0.3, 0.4) is 0 Å². The summed E-state index contributed by atoms with van der Waals surface area (Å²) in [7, 11) is 1.96. The number of pyridine rings is 1. The molecule has 110 valence electrons. The third-order valence-electron chi connectivity index (χ3n) is 3.89. The predicted molar refractivity (Wildman–Crippen MR) is 79.2 cm³/mol. The van der Waals surface area contributed by atoms with Gasteiger partial charge in [-0.25, -0.2) is 4.98 Å². The molecule has 1 atom stereocenters. The minimum absolute atomic E-state index is 0.0949. The second-order valence-corrected chi connectivity index (χ2v) is 5.27. The summed E-state index contributed by atoms with van der Waals surface area (Å²) in [6.45, 7) is 3.67. The Balaban J connectivity index is 2.19. The SMILES string of the molecule is CNCCC1CCCCN1c1ccc([N+](=O)[O-])c(C)n1. The lowest BCUT2D eigenvalue weighted by atomic mass is 9.99. The molecule has 1 aromatic heterocycles. The first-order chi connectivity index (χ1) is 9.63. The molecule has 6 nitrogen and oxygen atoms in total. The highest BCUT2D eigenvalue weighted by Crippen LogP contribution is 2.27. The zero-order valence-electron chi connectivity index (χ0n) is 12.1. The summed E-state index contributed by atoms with van der Waals surface area (Å²) >= 11 is 0. The number of piperidine rings is 1. The fourth-order valence-electron chi connectivity index (χ4n) is 2.81. The van der Waals surface area contributed by atoms with Crippen LogP contribution in [0.15, 0.2) is 12.1 Å². The van der Waals surface area contributed by atoms with E-state index >= 15 is 0 Å². The Kier molecular flexibility index (Phi) is 4.89. The third-order valence-corrected chi connectivity index (χ3v) is 3.89. The first-order valence-corrected chi connectivity index (χ1v) is 7.16. The molecule has 2 heterocycles. The van der Waals surface area contributed by atoms with Gasteiger partial charge >= 0.3 is 0 Å². The van der Waals surface area contributed by atoms with Crippen molar-refractivity contribution >= 4 is 11.5 Å². The van der Waals surface area contributed by atoms with E-state index in [0.717, 1.165) is 31.7 Å². The smallest absolute Gasteiger partial charge is 0.290 e. The van der Waals surface area contributed by atoms with Crippen LogP contribution in [0.1, 0.15) is 31.4 Å². The van der Waals surface area contributed by atoms with Crippen molar-refractivity contribution in [2.45, 2.75) is 38.6 Å². The third kappa shape index (κ3) is 3.25. The number of aromatic nitrogens is 1. The van der Waals surface area contributed by atoms with E-state index in [9.17, 15) is 10.1 Å². The highest BCUT2D eigenvalue weighted by Gasteiger charge is 2.24. The van der Waals surface area contributed by atoms with Gasteiger partial charge in [-0.1, -0.05) is 0 Å². The Morgan fingerprint density at radius 2 is 2.30 bits per heavy atom. The Morgan fingerprint density at radius 1 is 1.50 bits per heavy atom. The quantitative estimate of drug-likeness (QED) is 0.661. The van der Waals surface area contributed by atoms with Crippen LogP contribution in [-0.4, -0.2) is 36.1 Å². The second kappa shape index (κ2) is 6.65. The number of anilines is 1. The molecule has 0 radical (unpaired) electrons. The van der Waals surface area contributed by atoms with E-state index in [4.69, 9.17) is 0 Å². The van der Waals surface area contributed by atoms with Crippen molar-refractivity contribution in [3.05, 3.63) is 27.9 Å². The van der Waals surface area contributed by atoms with Gasteiger partial charge in [0.2, 0.25) is 0 Å². The van der Waals surface area contributed by atoms with E-state index in [0.29, 0.717) is 11.7 Å². The number of rotatable bonds is 5. The van der Waals surface area contributed by atoms with Crippen molar-refractivity contribution in [3.63, 3.8) is 0 Å². The molecule has 1 N–H and O–H groups in total. The normalized spacial score (nSPS) is 19.1. The maximum Gasteiger partial charge on any atom is 0.290 e. The number of aryl methyl sites for hydroxylation is 1. The minimum Gasteiger partial charge on any atom is -0.354 e. The molecule has 0 bridgehead atoms. The Labute approximate surface area is 119 Å². The van der Waals surface area contributed by atoms with Gasteiger partial charge in [0.25, 0.3) is 5.69 Å². The summed E-state index contributed by atoms with van der Waals surface area (Å²) in [5, 5.41) is 14.0. The van der Waals surface area contributed by atoms with Gasteiger partial charge in [0.15, 0.2) is 0 Å². The topological polar surface area (TPSA) is 71.3 Å². The van der Waals surface area contributed by atoms with Crippen LogP contribution in [-0.2, 0) is 0 Å². The molecule has 0 spiro atoms. The molecular weight excluding hydrogens is 256 g/mol. The van der Waals surface area contributed by atoms with Crippen molar-refractivity contribution in [1.29, 1.82) is 0 Å². The van der Waals surface area contributed by atoms with E-state index in [2.05, 4.69) is 15.2 Å². The van der Waals surface area contributed by atoms with E-state index in [-0.39, 0.29) is 10.6 Å². The molecule has 0 aromatic carbocycles. The Bertz CT molecular complexity index is 478. The fraction of sp³-hybridized carbons (Fsp3) is 0.643. The zero-order valence-corrected chi connectivity index (χ0v) is 12.1. The number of hydrogen-bond acceptors (Lipinski definition) is 5. The van der Waals surface area contributed by atoms with Crippen LogP contribution in [0.4, 0.5) is 11.5 Å². The first-order valence-electron chi connectivity index (χ1n) is 7.16. The van der Waals surface area contributed by atoms with Crippen LogP contribution >= 0.6 is 0 Å². The standard InChI is InChI=1S/C14H22N4O2/c1-11-13(18(19)20)6-7-14(16-11)17-10-4-3-5-12(17)8-9-15-2/h6-7,12,15H,3-5,8-10H2,1-2H3. The Morgan fingerprint density at radius 3 is 2.95 bits per heavy atom. The van der Waals surface area contributed by atoms with Crippen molar-refractivity contribution in [2.24, 2.45) is 0 Å². The number of nitrogens with zero attached hydrogens (tertiary/aromatic N) is 3. The van der Waals surface area contributed by atoms with Crippen LogP contribution in [0, 0.1) is 17.0 Å². The maximum atomic E-state index is 10.9. The molecule has 1 aliphatic rings. The monoisotopic (exact) mass is 278 g/mol. The predicted octanol–water partition coefficient (Wildman–Crippen LogP) is 2.27. The van der Waals surface area contributed by atoms with E-state index in [1.807, 2.05) is 7.05 Å². The molecule has 1 fully saturated rings. The van der Waals surface area contributed by atoms with E-state index in [1.54, 1.807) is 19.1 Å². The lowest BCUT2D eigenvalue weighted by Crippen LogP contribution is -2.41. The second-order valence-electron chi connectivity index (χ2n) is 5.27. The number of nitrogens with one attached hydrogen (secondary N) is 1. The summed E-state index contributed by atoms with van der Waals surface area (Å²) in [4.78, 5) is 17.2. The van der Waals surface area contributed by atoms with Gasteiger partial charge in [-0.05, 0) is 52.3 Å². The molecule has 6 heteroatoms. The van der Waals surface area contributed by atoms with Gasteiger partial charge in [-0.2, -0.15) is 0 Å². The van der Waals surface area contributed by atoms with Gasteiger partial charge in [0.05, 0.1) is 4.92 Å². The maximum absolute atomic E-state index is 10.9. The summed E-state index contributed by atoms with van der Waals surface area (Å²) < 4.78 is 0. The van der Waals surface area contributed by atoms with E-state index in [1.165, 1.54) is 12.8 Å². The molecule has 1 aliphatic heterocycles. The summed E-state index contributed by atoms with van der Waals surface area (Å²) in [6, 6.07) is 3.83. The molecule has 0 saturated carbocycles. The van der Waals surface area contributed by atoms with Crippen molar-refractivity contribution in [1.82, 2.24) is 10.3 Å². The molecular formula is C14H22N4O2.